The Bertz CT molecular complexity index is 523. The van der Waals surface area contributed by atoms with Gasteiger partial charge in [-0.3, -0.25) is 0 Å². The van der Waals surface area contributed by atoms with Crippen LogP contribution in [0.5, 0.6) is 0 Å². The van der Waals surface area contributed by atoms with Crippen LogP contribution in [-0.4, -0.2) is 30.0 Å². The zero-order chi connectivity index (χ0) is 13.6. The largest absolute Gasteiger partial charge is 0.419 e. The first kappa shape index (κ1) is 13.3. The monoisotopic (exact) mass is 273 g/mol. The minimum atomic E-state index is 0.562. The van der Waals surface area contributed by atoms with Crippen molar-refractivity contribution in [1.29, 1.82) is 0 Å². The summed E-state index contributed by atoms with van der Waals surface area (Å²) >= 11 is 0. The SMILES string of the molecule is c1ccc(-c2nnc(CNCCOCC3CC3)o2)cc1. The van der Waals surface area contributed by atoms with E-state index in [9.17, 15) is 0 Å². The van der Waals surface area contributed by atoms with Crippen molar-refractivity contribution in [3.8, 4) is 11.5 Å². The van der Waals surface area contributed by atoms with E-state index in [2.05, 4.69) is 15.5 Å². The Labute approximate surface area is 118 Å². The summed E-state index contributed by atoms with van der Waals surface area (Å²) in [7, 11) is 0. The number of hydrogen-bond acceptors (Lipinski definition) is 5. The molecular formula is C15H19N3O2. The smallest absolute Gasteiger partial charge is 0.247 e. The van der Waals surface area contributed by atoms with Crippen molar-refractivity contribution >= 4 is 0 Å². The summed E-state index contributed by atoms with van der Waals surface area (Å²) in [6, 6.07) is 9.78. The maximum absolute atomic E-state index is 5.60. The van der Waals surface area contributed by atoms with E-state index in [1.165, 1.54) is 12.8 Å². The molecule has 3 rings (SSSR count). The summed E-state index contributed by atoms with van der Waals surface area (Å²) in [4.78, 5) is 0. The number of benzene rings is 1. The van der Waals surface area contributed by atoms with Crippen LogP contribution >= 0.6 is 0 Å². The molecule has 0 bridgehead atoms. The molecule has 106 valence electrons. The lowest BCUT2D eigenvalue weighted by molar-refractivity contribution is 0.125. The van der Waals surface area contributed by atoms with Crippen molar-refractivity contribution in [3.63, 3.8) is 0 Å². The molecule has 1 aliphatic rings. The van der Waals surface area contributed by atoms with Crippen LogP contribution in [0.15, 0.2) is 34.7 Å². The van der Waals surface area contributed by atoms with Crippen molar-refractivity contribution in [2.75, 3.05) is 19.8 Å². The Morgan fingerprint density at radius 1 is 1.20 bits per heavy atom. The fourth-order valence-electron chi connectivity index (χ4n) is 1.90. The second-order valence-electron chi connectivity index (χ2n) is 5.06. The van der Waals surface area contributed by atoms with Crippen LogP contribution in [0.4, 0.5) is 0 Å². The molecule has 2 aromatic rings. The Morgan fingerprint density at radius 2 is 2.05 bits per heavy atom. The van der Waals surface area contributed by atoms with Gasteiger partial charge in [-0.05, 0) is 30.9 Å². The van der Waals surface area contributed by atoms with E-state index < -0.39 is 0 Å². The molecule has 0 saturated heterocycles. The molecular weight excluding hydrogens is 254 g/mol. The van der Waals surface area contributed by atoms with Crippen molar-refractivity contribution in [3.05, 3.63) is 36.2 Å². The predicted molar refractivity (Wildman–Crippen MR) is 75.0 cm³/mol. The summed E-state index contributed by atoms with van der Waals surface area (Å²) in [5, 5.41) is 11.3. The maximum Gasteiger partial charge on any atom is 0.247 e. The van der Waals surface area contributed by atoms with Gasteiger partial charge in [-0.25, -0.2) is 0 Å². The van der Waals surface area contributed by atoms with Gasteiger partial charge < -0.3 is 14.5 Å². The fourth-order valence-corrected chi connectivity index (χ4v) is 1.90. The van der Waals surface area contributed by atoms with Crippen LogP contribution in [0.3, 0.4) is 0 Å². The Kier molecular flexibility index (Phi) is 4.40. The topological polar surface area (TPSA) is 60.2 Å². The third kappa shape index (κ3) is 3.88. The number of hydrogen-bond donors (Lipinski definition) is 1. The molecule has 0 radical (unpaired) electrons. The van der Waals surface area contributed by atoms with Gasteiger partial charge in [0.2, 0.25) is 11.8 Å². The number of nitrogens with one attached hydrogen (secondary N) is 1. The highest BCUT2D eigenvalue weighted by Gasteiger charge is 2.20. The van der Waals surface area contributed by atoms with Gasteiger partial charge in [-0.2, -0.15) is 0 Å². The Hall–Kier alpha value is -1.72. The normalized spacial score (nSPS) is 14.6. The van der Waals surface area contributed by atoms with E-state index in [4.69, 9.17) is 9.15 Å². The predicted octanol–water partition coefficient (Wildman–Crippen LogP) is 2.25. The second-order valence-corrected chi connectivity index (χ2v) is 5.06. The summed E-state index contributed by atoms with van der Waals surface area (Å²) in [6.45, 7) is 3.01. The maximum atomic E-state index is 5.60. The lowest BCUT2D eigenvalue weighted by atomic mass is 10.2. The molecule has 1 fully saturated rings. The van der Waals surface area contributed by atoms with E-state index in [-0.39, 0.29) is 0 Å². The highest BCUT2D eigenvalue weighted by Crippen LogP contribution is 2.28. The van der Waals surface area contributed by atoms with Crippen LogP contribution in [0.1, 0.15) is 18.7 Å². The van der Waals surface area contributed by atoms with Crippen molar-refractivity contribution in [1.82, 2.24) is 15.5 Å². The van der Waals surface area contributed by atoms with Crippen molar-refractivity contribution < 1.29 is 9.15 Å². The number of aromatic nitrogens is 2. The molecule has 1 aromatic heterocycles. The molecule has 1 heterocycles. The Morgan fingerprint density at radius 3 is 2.85 bits per heavy atom. The first-order valence-corrected chi connectivity index (χ1v) is 7.08. The third-order valence-corrected chi connectivity index (χ3v) is 3.24. The van der Waals surface area contributed by atoms with Crippen LogP contribution in [0.25, 0.3) is 11.5 Å². The lowest BCUT2D eigenvalue weighted by Gasteiger charge is -2.03. The summed E-state index contributed by atoms with van der Waals surface area (Å²) in [6.07, 6.45) is 2.66. The Balaban J connectivity index is 1.38. The highest BCUT2D eigenvalue weighted by molar-refractivity contribution is 5.51. The highest BCUT2D eigenvalue weighted by atomic mass is 16.5. The minimum absolute atomic E-state index is 0.562. The van der Waals surface area contributed by atoms with E-state index >= 15 is 0 Å². The first-order valence-electron chi connectivity index (χ1n) is 7.08. The summed E-state index contributed by atoms with van der Waals surface area (Å²) < 4.78 is 11.1. The quantitative estimate of drug-likeness (QED) is 0.747. The van der Waals surface area contributed by atoms with Gasteiger partial charge in [0.25, 0.3) is 0 Å². The molecule has 1 saturated carbocycles. The van der Waals surface area contributed by atoms with Crippen molar-refractivity contribution in [2.24, 2.45) is 5.92 Å². The molecule has 20 heavy (non-hydrogen) atoms. The average molecular weight is 273 g/mol. The summed E-state index contributed by atoms with van der Waals surface area (Å²) in [5.74, 6) is 1.98. The van der Waals surface area contributed by atoms with Gasteiger partial charge >= 0.3 is 0 Å². The molecule has 0 atom stereocenters. The van der Waals surface area contributed by atoms with E-state index in [0.717, 1.165) is 31.2 Å². The number of ether oxygens (including phenoxy) is 1. The van der Waals surface area contributed by atoms with Gasteiger partial charge in [0.1, 0.15) is 0 Å². The van der Waals surface area contributed by atoms with Gasteiger partial charge in [0.05, 0.1) is 13.2 Å². The molecule has 0 amide bonds. The van der Waals surface area contributed by atoms with Crippen LogP contribution in [0, 0.1) is 5.92 Å². The average Bonchev–Trinajstić information content (AvgIpc) is 3.20. The molecule has 5 heteroatoms. The standard InChI is InChI=1S/C15H19N3O2/c1-2-4-13(5-3-1)15-18-17-14(20-15)10-16-8-9-19-11-12-6-7-12/h1-5,12,16H,6-11H2. The van der Waals surface area contributed by atoms with Crippen LogP contribution in [-0.2, 0) is 11.3 Å². The van der Waals surface area contributed by atoms with Crippen molar-refractivity contribution in [2.45, 2.75) is 19.4 Å². The minimum Gasteiger partial charge on any atom is -0.419 e. The molecule has 5 nitrogen and oxygen atoms in total. The van der Waals surface area contributed by atoms with Crippen LogP contribution in [0.2, 0.25) is 0 Å². The molecule has 0 unspecified atom stereocenters. The molecule has 1 aromatic carbocycles. The molecule has 0 spiro atoms. The summed E-state index contributed by atoms with van der Waals surface area (Å²) in [5.41, 5.74) is 0.944. The first-order chi connectivity index (χ1) is 9.92. The van der Waals surface area contributed by atoms with E-state index in [1.54, 1.807) is 0 Å². The number of rotatable bonds is 8. The lowest BCUT2D eigenvalue weighted by Crippen LogP contribution is -2.19. The van der Waals surface area contributed by atoms with Gasteiger partial charge in [0.15, 0.2) is 0 Å². The van der Waals surface area contributed by atoms with E-state index in [0.29, 0.717) is 18.3 Å². The number of nitrogens with zero attached hydrogens (tertiary/aromatic N) is 2. The second kappa shape index (κ2) is 6.63. The van der Waals surface area contributed by atoms with E-state index in [1.807, 2.05) is 30.3 Å². The third-order valence-electron chi connectivity index (χ3n) is 3.24. The molecule has 0 aliphatic heterocycles. The zero-order valence-corrected chi connectivity index (χ0v) is 11.4. The molecule has 1 N–H and O–H groups in total. The molecule has 1 aliphatic carbocycles. The van der Waals surface area contributed by atoms with Gasteiger partial charge in [0, 0.05) is 18.7 Å². The van der Waals surface area contributed by atoms with Crippen LogP contribution < -0.4 is 5.32 Å². The van der Waals surface area contributed by atoms with Gasteiger partial charge in [-0.15, -0.1) is 10.2 Å². The fraction of sp³-hybridized carbons (Fsp3) is 0.467. The zero-order valence-electron chi connectivity index (χ0n) is 11.4. The van der Waals surface area contributed by atoms with Gasteiger partial charge in [-0.1, -0.05) is 18.2 Å².